The predicted molar refractivity (Wildman–Crippen MR) is 205 cm³/mol. The molecule has 54 heavy (non-hydrogen) atoms. The standard InChI is InChI=1S/C40H49BrN6O7/c1-6-9-19-31(49)42-25(5)34(26-15-11-10-12-16-26)53-39(52)32-33-37(50)47(30(22-48)24(4)8-3)36(40(33)21-27(41)35(32)54-40)38(51)45(20-7-2)23-46-29-18-14-13-17-28(29)43-44-46/h6-7,10-18,24-25,27,30,32-36,48H,1-2,8-9,19-23H2,3-5H3,(H,42,49)/t24-,25-,27?,30-,32+,33-,34-,35+,36+,40-/m0/s1. The number of carbonyl (C=O) groups is 4. The number of nitrogens with one attached hydrogen (secondary N) is 1. The lowest BCUT2D eigenvalue weighted by atomic mass is 9.70. The minimum atomic E-state index is -1.41. The van der Waals surface area contributed by atoms with Crippen LogP contribution in [0, 0.1) is 17.8 Å². The third-order valence-corrected chi connectivity index (χ3v) is 12.1. The van der Waals surface area contributed by atoms with Crippen LogP contribution in [-0.2, 0) is 35.3 Å². The first-order chi connectivity index (χ1) is 26.0. The maximum Gasteiger partial charge on any atom is 0.313 e. The van der Waals surface area contributed by atoms with E-state index in [4.69, 9.17) is 9.47 Å². The van der Waals surface area contributed by atoms with Crippen molar-refractivity contribution in [2.45, 2.75) is 93.9 Å². The summed E-state index contributed by atoms with van der Waals surface area (Å²) in [7, 11) is 0. The Morgan fingerprint density at radius 2 is 1.87 bits per heavy atom. The number of aliphatic hydroxyl groups is 1. The molecular weight excluding hydrogens is 756 g/mol. The summed E-state index contributed by atoms with van der Waals surface area (Å²) in [4.78, 5) is 60.1. The molecule has 4 heterocycles. The van der Waals surface area contributed by atoms with Crippen LogP contribution in [0.25, 0.3) is 11.0 Å². The minimum Gasteiger partial charge on any atom is -0.455 e. The molecule has 3 aliphatic heterocycles. The zero-order valence-electron chi connectivity index (χ0n) is 30.9. The monoisotopic (exact) mass is 804 g/mol. The number of rotatable bonds is 17. The number of carbonyl (C=O) groups excluding carboxylic acids is 4. The van der Waals surface area contributed by atoms with E-state index in [9.17, 15) is 19.5 Å². The van der Waals surface area contributed by atoms with Crippen molar-refractivity contribution >= 4 is 50.7 Å². The Bertz CT molecular complexity index is 1870. The van der Waals surface area contributed by atoms with E-state index in [0.29, 0.717) is 23.9 Å². The first-order valence-electron chi connectivity index (χ1n) is 18.6. The van der Waals surface area contributed by atoms with Gasteiger partial charge >= 0.3 is 5.97 Å². The fraction of sp³-hybridized carbons (Fsp3) is 0.500. The van der Waals surface area contributed by atoms with Crippen LogP contribution in [0.3, 0.4) is 0 Å². The molecule has 1 spiro atoms. The molecule has 6 rings (SSSR count). The second kappa shape index (κ2) is 16.5. The van der Waals surface area contributed by atoms with Crippen molar-refractivity contribution in [3.05, 3.63) is 85.5 Å². The summed E-state index contributed by atoms with van der Waals surface area (Å²) in [6.07, 6.45) is 3.23. The van der Waals surface area contributed by atoms with Crippen LogP contribution in [0.4, 0.5) is 0 Å². The number of halogens is 1. The van der Waals surface area contributed by atoms with E-state index >= 15 is 4.79 Å². The summed E-state index contributed by atoms with van der Waals surface area (Å²) in [5.74, 6) is -4.07. The molecule has 3 aliphatic rings. The molecule has 2 aromatic carbocycles. The number of amides is 3. The Hall–Kier alpha value is -4.40. The molecule has 0 saturated carbocycles. The van der Waals surface area contributed by atoms with Gasteiger partial charge in [0.1, 0.15) is 29.9 Å². The number of benzene rings is 2. The zero-order chi connectivity index (χ0) is 38.7. The average Bonchev–Trinajstić information content (AvgIpc) is 3.90. The van der Waals surface area contributed by atoms with E-state index in [2.05, 4.69) is 44.7 Å². The van der Waals surface area contributed by atoms with Gasteiger partial charge in [-0.05, 0) is 43.4 Å². The number of ether oxygens (including phenoxy) is 2. The highest BCUT2D eigenvalue weighted by Crippen LogP contribution is 2.61. The van der Waals surface area contributed by atoms with E-state index in [0.717, 1.165) is 5.52 Å². The van der Waals surface area contributed by atoms with Gasteiger partial charge in [0.25, 0.3) is 0 Å². The Kier molecular flexibility index (Phi) is 12.0. The number of likely N-dealkylation sites (tertiary alicyclic amines) is 1. The van der Waals surface area contributed by atoms with Crippen molar-refractivity contribution < 1.29 is 33.8 Å². The van der Waals surface area contributed by atoms with Crippen molar-refractivity contribution in [1.29, 1.82) is 0 Å². The number of alkyl halides is 1. The van der Waals surface area contributed by atoms with Gasteiger partial charge in [-0.3, -0.25) is 19.2 Å². The van der Waals surface area contributed by atoms with Gasteiger partial charge in [-0.15, -0.1) is 18.3 Å². The third-order valence-electron chi connectivity index (χ3n) is 11.3. The number of nitrogens with zero attached hydrogens (tertiary/aromatic N) is 5. The highest BCUT2D eigenvalue weighted by molar-refractivity contribution is 9.09. The Labute approximate surface area is 323 Å². The Morgan fingerprint density at radius 1 is 1.15 bits per heavy atom. The Balaban J connectivity index is 1.37. The van der Waals surface area contributed by atoms with Gasteiger partial charge in [0.15, 0.2) is 0 Å². The molecule has 2 N–H and O–H groups in total. The van der Waals surface area contributed by atoms with Crippen molar-refractivity contribution in [2.75, 3.05) is 13.2 Å². The maximum absolute atomic E-state index is 15.1. The van der Waals surface area contributed by atoms with Crippen LogP contribution >= 0.6 is 15.9 Å². The summed E-state index contributed by atoms with van der Waals surface area (Å²) in [5.41, 5.74) is 0.649. The lowest BCUT2D eigenvalue weighted by Crippen LogP contribution is -2.60. The molecule has 3 amide bonds. The van der Waals surface area contributed by atoms with Gasteiger partial charge < -0.3 is 29.7 Å². The minimum absolute atomic E-state index is 0.0135. The van der Waals surface area contributed by atoms with Crippen molar-refractivity contribution in [1.82, 2.24) is 30.1 Å². The number of aromatic nitrogens is 3. The highest BCUT2D eigenvalue weighted by Gasteiger charge is 2.77. The van der Waals surface area contributed by atoms with E-state index in [1.54, 1.807) is 28.7 Å². The molecule has 1 unspecified atom stereocenters. The van der Waals surface area contributed by atoms with Gasteiger partial charge in [-0.25, -0.2) is 4.68 Å². The second-order valence-corrected chi connectivity index (χ2v) is 15.7. The van der Waals surface area contributed by atoms with Crippen molar-refractivity contribution in [3.8, 4) is 0 Å². The molecule has 3 saturated heterocycles. The molecule has 2 bridgehead atoms. The van der Waals surface area contributed by atoms with E-state index in [1.165, 1.54) is 4.90 Å². The van der Waals surface area contributed by atoms with Gasteiger partial charge in [0, 0.05) is 17.8 Å². The number of esters is 1. The Morgan fingerprint density at radius 3 is 2.56 bits per heavy atom. The molecular formula is C40H49BrN6O7. The smallest absolute Gasteiger partial charge is 0.313 e. The average molecular weight is 806 g/mol. The number of aliphatic hydroxyl groups excluding tert-OH is 1. The molecule has 13 nitrogen and oxygen atoms in total. The first-order valence-corrected chi connectivity index (χ1v) is 19.5. The van der Waals surface area contributed by atoms with Gasteiger partial charge in [0.2, 0.25) is 17.7 Å². The number of fused-ring (bicyclic) bond motifs is 2. The molecule has 3 aromatic rings. The molecule has 1 aromatic heterocycles. The normalized spacial score (nSPS) is 26.5. The fourth-order valence-electron chi connectivity index (χ4n) is 8.46. The molecule has 0 aliphatic carbocycles. The van der Waals surface area contributed by atoms with Crippen LogP contribution < -0.4 is 5.32 Å². The van der Waals surface area contributed by atoms with E-state index < -0.39 is 72.2 Å². The SMILES string of the molecule is C=CCCC(=O)N[C@@H](C)[C@H](OC(=O)[C@H]1[C@@H]2O[C@@]3(CC2Br)[C@@H]1C(=O)N([C@@H](CO)[C@@H](C)CC)[C@@H]3C(=O)N(CC=C)Cn1nnc2ccccc21)c1ccccc1. The summed E-state index contributed by atoms with van der Waals surface area (Å²) < 4.78 is 14.7. The summed E-state index contributed by atoms with van der Waals surface area (Å²) in [6.45, 7) is 13.0. The first kappa shape index (κ1) is 39.3. The lowest BCUT2D eigenvalue weighted by molar-refractivity contribution is -0.163. The quantitative estimate of drug-likeness (QED) is 0.115. The third kappa shape index (κ3) is 7.11. The molecule has 14 heteroatoms. The predicted octanol–water partition coefficient (Wildman–Crippen LogP) is 4.31. The zero-order valence-corrected chi connectivity index (χ0v) is 32.5. The van der Waals surface area contributed by atoms with E-state index in [-0.39, 0.29) is 42.7 Å². The summed E-state index contributed by atoms with van der Waals surface area (Å²) >= 11 is 3.75. The maximum atomic E-state index is 15.1. The van der Waals surface area contributed by atoms with Crippen LogP contribution in [0.5, 0.6) is 0 Å². The number of para-hydroxylation sites is 1. The number of hydrogen-bond acceptors (Lipinski definition) is 9. The number of allylic oxidation sites excluding steroid dienone is 1. The van der Waals surface area contributed by atoms with Crippen LogP contribution in [0.1, 0.15) is 58.1 Å². The summed E-state index contributed by atoms with van der Waals surface area (Å²) in [5, 5.41) is 22.3. The molecule has 3 fully saturated rings. The molecule has 10 atom stereocenters. The second-order valence-electron chi connectivity index (χ2n) is 14.6. The van der Waals surface area contributed by atoms with Gasteiger partial charge in [-0.1, -0.05) is 96.0 Å². The van der Waals surface area contributed by atoms with Crippen molar-refractivity contribution in [2.24, 2.45) is 17.8 Å². The number of hydrogen-bond donors (Lipinski definition) is 2. The van der Waals surface area contributed by atoms with Crippen molar-refractivity contribution in [3.63, 3.8) is 0 Å². The lowest BCUT2D eigenvalue weighted by Gasteiger charge is -2.40. The van der Waals surface area contributed by atoms with E-state index in [1.807, 2.05) is 68.4 Å². The van der Waals surface area contributed by atoms with Crippen LogP contribution in [0.15, 0.2) is 79.9 Å². The fourth-order valence-corrected chi connectivity index (χ4v) is 9.40. The summed E-state index contributed by atoms with van der Waals surface area (Å²) in [6, 6.07) is 14.0. The molecule has 288 valence electrons. The topological polar surface area (TPSA) is 156 Å². The van der Waals surface area contributed by atoms with Gasteiger partial charge in [-0.2, -0.15) is 0 Å². The van der Waals surface area contributed by atoms with Crippen LogP contribution in [0.2, 0.25) is 0 Å². The largest absolute Gasteiger partial charge is 0.455 e. The molecule has 0 radical (unpaired) electrons. The van der Waals surface area contributed by atoms with Crippen LogP contribution in [-0.4, -0.2) is 101 Å². The highest BCUT2D eigenvalue weighted by atomic mass is 79.9. The van der Waals surface area contributed by atoms with Gasteiger partial charge in [0.05, 0.1) is 42.1 Å².